The maximum Gasteiger partial charge on any atom is 0.317 e. The van der Waals surface area contributed by atoms with Crippen molar-refractivity contribution in [2.24, 2.45) is 0 Å². The third kappa shape index (κ3) is 4.33. The Morgan fingerprint density at radius 1 is 1.29 bits per heavy atom. The number of likely N-dealkylation sites (N-methyl/N-ethyl adjacent to an activating group) is 1. The first-order chi connectivity index (χ1) is 9.97. The van der Waals surface area contributed by atoms with Gasteiger partial charge in [0.2, 0.25) is 0 Å². The van der Waals surface area contributed by atoms with Crippen LogP contribution in [0.4, 0.5) is 4.79 Å². The molecule has 120 valence electrons. The molecular formula is C15H27N3O3. The van der Waals surface area contributed by atoms with Crippen molar-refractivity contribution in [3.05, 3.63) is 0 Å². The fourth-order valence-corrected chi connectivity index (χ4v) is 3.43. The Balaban J connectivity index is 1.76. The van der Waals surface area contributed by atoms with E-state index in [4.69, 9.17) is 5.11 Å². The number of amides is 2. The van der Waals surface area contributed by atoms with Gasteiger partial charge >= 0.3 is 12.0 Å². The van der Waals surface area contributed by atoms with Crippen molar-refractivity contribution in [2.75, 3.05) is 20.1 Å². The molecule has 2 aliphatic rings. The zero-order valence-corrected chi connectivity index (χ0v) is 13.0. The average Bonchev–Trinajstić information content (AvgIpc) is 2.62. The lowest BCUT2D eigenvalue weighted by Gasteiger charge is -2.27. The van der Waals surface area contributed by atoms with Crippen molar-refractivity contribution in [2.45, 2.75) is 63.6 Å². The van der Waals surface area contributed by atoms with Gasteiger partial charge in [-0.25, -0.2) is 4.79 Å². The minimum absolute atomic E-state index is 0.00113. The summed E-state index contributed by atoms with van der Waals surface area (Å²) in [6.07, 6.45) is 4.95. The second-order valence-electron chi connectivity index (χ2n) is 6.42. The number of carboxylic acid groups (broad SMARTS) is 1. The molecule has 0 radical (unpaired) electrons. The van der Waals surface area contributed by atoms with Gasteiger partial charge in [0.15, 0.2) is 0 Å². The predicted octanol–water partition coefficient (Wildman–Crippen LogP) is 1.51. The molecule has 0 saturated carbocycles. The summed E-state index contributed by atoms with van der Waals surface area (Å²) in [5, 5.41) is 11.6. The Kier molecular flexibility index (Phi) is 5.45. The van der Waals surface area contributed by atoms with E-state index in [1.807, 2.05) is 11.8 Å². The van der Waals surface area contributed by atoms with Gasteiger partial charge in [0.25, 0.3) is 0 Å². The first kappa shape index (κ1) is 16.1. The van der Waals surface area contributed by atoms with Crippen LogP contribution in [0.25, 0.3) is 0 Å². The highest BCUT2D eigenvalue weighted by Crippen LogP contribution is 2.28. The summed E-state index contributed by atoms with van der Waals surface area (Å²) in [6.45, 7) is 3.57. The lowest BCUT2D eigenvalue weighted by molar-refractivity contribution is -0.137. The fraction of sp³-hybridized carbons (Fsp3) is 0.867. The SMILES string of the molecule is CC(CCCC(=O)O)NC(=O)N1CCC2CCC(C1)N2C. The van der Waals surface area contributed by atoms with Crippen LogP contribution in [0.2, 0.25) is 0 Å². The van der Waals surface area contributed by atoms with Crippen molar-refractivity contribution in [3.8, 4) is 0 Å². The number of hydrogen-bond donors (Lipinski definition) is 2. The molecule has 3 unspecified atom stereocenters. The van der Waals surface area contributed by atoms with Crippen LogP contribution < -0.4 is 5.32 Å². The topological polar surface area (TPSA) is 72.9 Å². The number of hydrogen-bond acceptors (Lipinski definition) is 3. The van der Waals surface area contributed by atoms with Crippen LogP contribution in [-0.4, -0.2) is 65.2 Å². The molecule has 0 aromatic rings. The Morgan fingerprint density at radius 2 is 2.00 bits per heavy atom. The number of rotatable bonds is 5. The normalized spacial score (nSPS) is 27.2. The molecule has 2 bridgehead atoms. The van der Waals surface area contributed by atoms with Gasteiger partial charge in [0.05, 0.1) is 0 Å². The van der Waals surface area contributed by atoms with E-state index in [2.05, 4.69) is 17.3 Å². The molecule has 2 fully saturated rings. The van der Waals surface area contributed by atoms with Gasteiger partial charge in [-0.3, -0.25) is 9.69 Å². The molecule has 0 aliphatic carbocycles. The van der Waals surface area contributed by atoms with E-state index in [-0.39, 0.29) is 18.5 Å². The number of fused-ring (bicyclic) bond motifs is 2. The van der Waals surface area contributed by atoms with Gasteiger partial charge in [0, 0.05) is 37.6 Å². The van der Waals surface area contributed by atoms with E-state index in [0.717, 1.165) is 19.5 Å². The second kappa shape index (κ2) is 7.11. The summed E-state index contributed by atoms with van der Waals surface area (Å²) in [5.41, 5.74) is 0. The van der Waals surface area contributed by atoms with Crippen molar-refractivity contribution >= 4 is 12.0 Å². The van der Waals surface area contributed by atoms with Crippen LogP contribution in [0, 0.1) is 0 Å². The first-order valence-corrected chi connectivity index (χ1v) is 7.96. The molecule has 0 spiro atoms. The number of likely N-dealkylation sites (tertiary alicyclic amines) is 1. The minimum atomic E-state index is -0.778. The van der Waals surface area contributed by atoms with Crippen LogP contribution in [0.15, 0.2) is 0 Å². The maximum absolute atomic E-state index is 12.3. The van der Waals surface area contributed by atoms with Gasteiger partial charge in [-0.2, -0.15) is 0 Å². The van der Waals surface area contributed by atoms with Crippen LogP contribution in [0.1, 0.15) is 45.4 Å². The predicted molar refractivity (Wildman–Crippen MR) is 80.2 cm³/mol. The van der Waals surface area contributed by atoms with Crippen LogP contribution >= 0.6 is 0 Å². The summed E-state index contributed by atoms with van der Waals surface area (Å²) in [4.78, 5) is 27.2. The van der Waals surface area contributed by atoms with Crippen LogP contribution in [0.5, 0.6) is 0 Å². The van der Waals surface area contributed by atoms with Crippen molar-refractivity contribution in [1.82, 2.24) is 15.1 Å². The van der Waals surface area contributed by atoms with Crippen LogP contribution in [0.3, 0.4) is 0 Å². The molecule has 2 rings (SSSR count). The highest BCUT2D eigenvalue weighted by atomic mass is 16.4. The summed E-state index contributed by atoms with van der Waals surface area (Å²) < 4.78 is 0. The second-order valence-corrected chi connectivity index (χ2v) is 6.42. The molecule has 21 heavy (non-hydrogen) atoms. The van der Waals surface area contributed by atoms with E-state index in [1.165, 1.54) is 12.8 Å². The van der Waals surface area contributed by atoms with Gasteiger partial charge in [0.1, 0.15) is 0 Å². The van der Waals surface area contributed by atoms with Gasteiger partial charge in [-0.15, -0.1) is 0 Å². The van der Waals surface area contributed by atoms with E-state index >= 15 is 0 Å². The smallest absolute Gasteiger partial charge is 0.317 e. The molecule has 6 heteroatoms. The Labute approximate surface area is 126 Å². The number of carboxylic acids is 1. The standard InChI is InChI=1S/C15H27N3O3/c1-11(4-3-5-14(19)20)16-15(21)18-9-8-12-6-7-13(10-18)17(12)2/h11-13H,3-10H2,1-2H3,(H,16,21)(H,19,20). The minimum Gasteiger partial charge on any atom is -0.481 e. The number of urea groups is 1. The molecule has 2 saturated heterocycles. The number of carbonyl (C=O) groups is 2. The Morgan fingerprint density at radius 3 is 2.71 bits per heavy atom. The molecule has 0 aromatic heterocycles. The van der Waals surface area contributed by atoms with Crippen molar-refractivity contribution in [1.29, 1.82) is 0 Å². The maximum atomic E-state index is 12.3. The lowest BCUT2D eigenvalue weighted by Crippen LogP contribution is -2.47. The summed E-state index contributed by atoms with van der Waals surface area (Å²) in [5.74, 6) is -0.778. The molecule has 0 aromatic carbocycles. The Bertz CT molecular complexity index is 388. The number of aliphatic carboxylic acids is 1. The zero-order chi connectivity index (χ0) is 15.4. The molecule has 2 amide bonds. The average molecular weight is 297 g/mol. The highest BCUT2D eigenvalue weighted by Gasteiger charge is 2.36. The molecule has 2 N–H and O–H groups in total. The third-order valence-corrected chi connectivity index (χ3v) is 4.83. The highest BCUT2D eigenvalue weighted by molar-refractivity contribution is 5.74. The lowest BCUT2D eigenvalue weighted by atomic mass is 10.1. The number of carbonyl (C=O) groups excluding carboxylic acids is 1. The van der Waals surface area contributed by atoms with Crippen molar-refractivity contribution in [3.63, 3.8) is 0 Å². The largest absolute Gasteiger partial charge is 0.481 e. The quantitative estimate of drug-likeness (QED) is 0.807. The molecule has 6 nitrogen and oxygen atoms in total. The van der Waals surface area contributed by atoms with Gasteiger partial charge in [-0.1, -0.05) is 0 Å². The van der Waals surface area contributed by atoms with Crippen LogP contribution in [-0.2, 0) is 4.79 Å². The first-order valence-electron chi connectivity index (χ1n) is 7.96. The molecular weight excluding hydrogens is 270 g/mol. The molecule has 3 atom stereocenters. The number of nitrogens with zero attached hydrogens (tertiary/aromatic N) is 2. The monoisotopic (exact) mass is 297 g/mol. The van der Waals surface area contributed by atoms with Crippen molar-refractivity contribution < 1.29 is 14.7 Å². The van der Waals surface area contributed by atoms with Gasteiger partial charge in [-0.05, 0) is 46.1 Å². The third-order valence-electron chi connectivity index (χ3n) is 4.83. The van der Waals surface area contributed by atoms with E-state index < -0.39 is 5.97 Å². The van der Waals surface area contributed by atoms with E-state index in [9.17, 15) is 9.59 Å². The number of nitrogens with one attached hydrogen (secondary N) is 1. The fourth-order valence-electron chi connectivity index (χ4n) is 3.43. The molecule has 2 heterocycles. The van der Waals surface area contributed by atoms with E-state index in [0.29, 0.717) is 24.9 Å². The molecule has 2 aliphatic heterocycles. The summed E-state index contributed by atoms with van der Waals surface area (Å²) >= 11 is 0. The van der Waals surface area contributed by atoms with Gasteiger partial charge < -0.3 is 15.3 Å². The Hall–Kier alpha value is -1.30. The summed E-state index contributed by atoms with van der Waals surface area (Å²) in [6, 6.07) is 1.14. The summed E-state index contributed by atoms with van der Waals surface area (Å²) in [7, 11) is 2.16. The van der Waals surface area contributed by atoms with E-state index in [1.54, 1.807) is 0 Å². The zero-order valence-electron chi connectivity index (χ0n) is 13.0.